The summed E-state index contributed by atoms with van der Waals surface area (Å²) in [6, 6.07) is 19.9. The van der Waals surface area contributed by atoms with Gasteiger partial charge in [-0.1, -0.05) is 104 Å². The molecule has 0 bridgehead atoms. The van der Waals surface area contributed by atoms with E-state index >= 15 is 9.59 Å². The molecule has 5 aromatic carbocycles. The number of carbonyl (C=O) groups is 11. The first kappa shape index (κ1) is 99.6. The van der Waals surface area contributed by atoms with Crippen molar-refractivity contribution in [3.05, 3.63) is 167 Å². The van der Waals surface area contributed by atoms with Gasteiger partial charge in [0.2, 0.25) is 65.0 Å². The van der Waals surface area contributed by atoms with Gasteiger partial charge in [0.1, 0.15) is 66.2 Å². The SMILES string of the molecule is CCNC(=NCCCC[C@H](NC(=O)[C@H](CC(C)C)NC(=O)[C@@H](CCCCN=C(NCC)NCC)NC(=O)[C@H](Cc1ccc(O)cc1)NC(=O)[C@H](CO)NC(=O)[C@@H](Cc1cccnc1)NC(=O)[C@@H](Cc1ccc(Cl)cc1)NC(=O)[C@@H](Cc1cccc2ccccc12)NC(C)=O)C(=O)N1CCC[C@H]1C(=O)N[C@H](C)C(N)=O)NCC.NCCc1ccc(O)c(O)c1. The Hall–Kier alpha value is -12.2. The molecule has 2 heterocycles. The van der Waals surface area contributed by atoms with E-state index in [2.05, 4.69) is 84.1 Å². The van der Waals surface area contributed by atoms with Gasteiger partial charge in [0.25, 0.3) is 0 Å². The molecule has 7 rings (SSSR count). The number of aromatic hydroxyl groups is 3. The third kappa shape index (κ3) is 34.3. The van der Waals surface area contributed by atoms with Crippen molar-refractivity contribution in [1.82, 2.24) is 79.0 Å². The number of primary amides is 1. The van der Waals surface area contributed by atoms with Gasteiger partial charge in [0, 0.05) is 95.8 Å². The number of fused-ring (bicyclic) bond motifs is 1. The van der Waals surface area contributed by atoms with E-state index in [1.165, 1.54) is 67.5 Å². The number of rotatable bonds is 46. The number of pyridine rings is 1. The van der Waals surface area contributed by atoms with E-state index in [1.54, 1.807) is 42.5 Å². The number of unbranched alkanes of at least 4 members (excludes halogenated alkanes) is 2. The van der Waals surface area contributed by atoms with E-state index in [4.69, 9.17) is 33.3 Å². The minimum absolute atomic E-state index is 0.0340. The number of aromatic nitrogens is 1. The highest BCUT2D eigenvalue weighted by atomic mass is 35.5. The quantitative estimate of drug-likeness (QED) is 0.0113. The number of phenols is 3. The zero-order valence-electron chi connectivity index (χ0n) is 71.4. The number of nitrogens with two attached hydrogens (primary N) is 2. The normalized spacial score (nSPS) is 14.4. The highest BCUT2D eigenvalue weighted by molar-refractivity contribution is 6.30. The van der Waals surface area contributed by atoms with Crippen LogP contribution in [-0.4, -0.2) is 227 Å². The fraction of sp³-hybridized carbons (Fsp3) is 0.477. The van der Waals surface area contributed by atoms with Crippen LogP contribution in [0.5, 0.6) is 17.2 Å². The van der Waals surface area contributed by atoms with Gasteiger partial charge in [-0.2, -0.15) is 0 Å². The Morgan fingerprint density at radius 3 is 1.52 bits per heavy atom. The molecule has 34 nitrogen and oxygen atoms in total. The summed E-state index contributed by atoms with van der Waals surface area (Å²) in [5, 5.41) is 78.8. The summed E-state index contributed by atoms with van der Waals surface area (Å²) in [7, 11) is 0. The van der Waals surface area contributed by atoms with E-state index in [1.807, 2.05) is 84.0 Å². The average molecular weight is 1720 g/mol. The smallest absolute Gasteiger partial charge is 0.245 e. The largest absolute Gasteiger partial charge is 0.508 e. The van der Waals surface area contributed by atoms with Crippen LogP contribution in [-0.2, 0) is 84.8 Å². The van der Waals surface area contributed by atoms with Crippen LogP contribution >= 0.6 is 11.6 Å². The molecule has 1 aliphatic rings. The van der Waals surface area contributed by atoms with Crippen LogP contribution in [0.4, 0.5) is 0 Å². The summed E-state index contributed by atoms with van der Waals surface area (Å²) in [4.78, 5) is 173. The summed E-state index contributed by atoms with van der Waals surface area (Å²) in [6.07, 6.45) is 5.48. The number of nitrogens with one attached hydrogen (secondary N) is 13. The fourth-order valence-electron chi connectivity index (χ4n) is 13.7. The molecule has 35 heteroatoms. The number of halogens is 1. The van der Waals surface area contributed by atoms with Crippen LogP contribution in [0.3, 0.4) is 0 Å². The highest BCUT2D eigenvalue weighted by Gasteiger charge is 2.41. The van der Waals surface area contributed by atoms with Crippen molar-refractivity contribution in [2.45, 2.75) is 206 Å². The van der Waals surface area contributed by atoms with Crippen LogP contribution in [0.1, 0.15) is 141 Å². The van der Waals surface area contributed by atoms with Gasteiger partial charge in [0.15, 0.2) is 23.4 Å². The maximum atomic E-state index is 15.2. The number of hydrogen-bond donors (Lipinski definition) is 19. The number of likely N-dealkylation sites (tertiary alicyclic amines) is 1. The summed E-state index contributed by atoms with van der Waals surface area (Å²) in [5.74, 6) is -7.90. The first-order valence-corrected chi connectivity index (χ1v) is 42.4. The van der Waals surface area contributed by atoms with Crippen molar-refractivity contribution in [2.75, 3.05) is 59.0 Å². The van der Waals surface area contributed by atoms with E-state index in [-0.39, 0.29) is 87.5 Å². The number of amides is 11. The predicted molar refractivity (Wildman–Crippen MR) is 471 cm³/mol. The van der Waals surface area contributed by atoms with Crippen LogP contribution in [0.2, 0.25) is 5.02 Å². The number of hydrogen-bond acceptors (Lipinski definition) is 19. The Bertz CT molecular complexity index is 4470. The molecule has 1 aliphatic heterocycles. The van der Waals surface area contributed by atoms with Crippen molar-refractivity contribution in [3.63, 3.8) is 0 Å². The van der Waals surface area contributed by atoms with E-state index < -0.39 is 132 Å². The lowest BCUT2D eigenvalue weighted by atomic mass is 9.97. The Balaban J connectivity index is 0.00000196. The molecule has 0 aliphatic carbocycles. The molecular weight excluding hydrogens is 1600 g/mol. The van der Waals surface area contributed by atoms with Crippen molar-refractivity contribution in [3.8, 4) is 17.2 Å². The molecule has 668 valence electrons. The number of aliphatic imine (C=N–C) groups is 2. The maximum absolute atomic E-state index is 15.2. The molecule has 0 radical (unpaired) electrons. The summed E-state index contributed by atoms with van der Waals surface area (Å²) in [6.45, 7) is 16.8. The molecular formula is C88H124ClN19O15. The summed E-state index contributed by atoms with van der Waals surface area (Å²) in [5.41, 5.74) is 13.9. The summed E-state index contributed by atoms with van der Waals surface area (Å²) >= 11 is 6.27. The number of aliphatic hydroxyl groups excluding tert-OH is 1. The van der Waals surface area contributed by atoms with Crippen LogP contribution < -0.4 is 80.6 Å². The zero-order chi connectivity index (χ0) is 89.9. The molecule has 10 atom stereocenters. The van der Waals surface area contributed by atoms with E-state index in [0.717, 1.165) is 21.9 Å². The first-order chi connectivity index (χ1) is 59.0. The second kappa shape index (κ2) is 52.9. The van der Waals surface area contributed by atoms with Gasteiger partial charge in [0.05, 0.1) is 6.61 Å². The van der Waals surface area contributed by atoms with Crippen molar-refractivity contribution in [2.24, 2.45) is 27.4 Å². The highest BCUT2D eigenvalue weighted by Crippen LogP contribution is 2.26. The standard InChI is InChI=1S/C80H113ClN18O13.C8H11NO2/c1-9-84-79(85-10-2)88-39-17-15-27-60(70(104)94-62(42-49(5)6)71(105)93-61(28-16-18-40-89-80(86-11-3)87-12-4)78(112)99-41-21-29-68(99)77(111)90-50(7)69(82)103)92-72(106)63(44-53-32-36-58(102)37-33-53)97-76(110)67(48-100)98-74(108)65(45-54-22-20-38-83-47-54)96-73(107)64(43-52-30-34-57(81)35-31-52)95-75(109)66(91-51(8)101)46-56-25-19-24-55-23-13-14-26-59(55)56;9-4-3-6-1-2-7(10)8(11)5-6/h13-14,19-20,22-26,30-38,47,49-50,60-68,100,102H,9-12,15-18,21,27-29,39-46,48H2,1-8H3,(H2,82,103)(H,90,111)(H,91,101)(H,92,106)(H,93,105)(H,94,104)(H,95,109)(H,96,107)(H,97,110)(H,98,108)(H2,84,85,88)(H2,86,87,89);1-2,5,10-11H,3-4,9H2/t50-,60-,61+,62+,63+,64-,65-,66-,67+,68+;/m1./s1. The molecule has 11 amide bonds. The molecule has 0 spiro atoms. The number of nitrogens with zero attached hydrogens (tertiary/aromatic N) is 4. The molecule has 1 saturated heterocycles. The van der Waals surface area contributed by atoms with E-state index in [9.17, 15) is 53.4 Å². The van der Waals surface area contributed by atoms with Crippen LogP contribution in [0.25, 0.3) is 10.8 Å². The average Bonchev–Trinajstić information content (AvgIpc) is 1.45. The van der Waals surface area contributed by atoms with Crippen molar-refractivity contribution >= 4 is 99.3 Å². The van der Waals surface area contributed by atoms with Crippen LogP contribution in [0.15, 0.2) is 144 Å². The van der Waals surface area contributed by atoms with Gasteiger partial charge in [-0.25, -0.2) is 0 Å². The number of carbonyl (C=O) groups excluding carboxylic acids is 11. The van der Waals surface area contributed by atoms with Gasteiger partial charge in [-0.15, -0.1) is 0 Å². The van der Waals surface area contributed by atoms with Crippen molar-refractivity contribution < 1.29 is 73.2 Å². The van der Waals surface area contributed by atoms with E-state index in [0.29, 0.717) is 112 Å². The number of guanidine groups is 2. The van der Waals surface area contributed by atoms with Gasteiger partial charge in [-0.3, -0.25) is 67.7 Å². The monoisotopic (exact) mass is 1720 g/mol. The molecule has 0 unspecified atom stereocenters. The fourth-order valence-corrected chi connectivity index (χ4v) is 13.8. The molecule has 123 heavy (non-hydrogen) atoms. The second-order valence-corrected chi connectivity index (χ2v) is 30.8. The second-order valence-electron chi connectivity index (χ2n) is 30.4. The molecule has 21 N–H and O–H groups in total. The zero-order valence-corrected chi connectivity index (χ0v) is 72.2. The molecule has 1 fully saturated rings. The number of benzene rings is 5. The summed E-state index contributed by atoms with van der Waals surface area (Å²) < 4.78 is 0. The minimum Gasteiger partial charge on any atom is -0.508 e. The minimum atomic E-state index is -1.82. The topological polar surface area (TPSA) is 518 Å². The third-order valence-corrected chi connectivity index (χ3v) is 20.3. The molecule has 0 saturated carbocycles. The Morgan fingerprint density at radius 1 is 0.520 bits per heavy atom. The third-order valence-electron chi connectivity index (χ3n) is 20.0. The number of phenolic OH excluding ortho intramolecular Hbond substituents is 3. The molecule has 1 aromatic heterocycles. The first-order valence-electron chi connectivity index (χ1n) is 42.0. The van der Waals surface area contributed by atoms with Gasteiger partial charge < -0.3 is 106 Å². The van der Waals surface area contributed by atoms with Crippen molar-refractivity contribution in [1.29, 1.82) is 0 Å². The lowest BCUT2D eigenvalue weighted by Gasteiger charge is -2.31. The molecule has 6 aromatic rings. The van der Waals surface area contributed by atoms with Gasteiger partial charge in [-0.05, 0) is 192 Å². The maximum Gasteiger partial charge on any atom is 0.245 e. The lowest BCUT2D eigenvalue weighted by molar-refractivity contribution is -0.142. The Morgan fingerprint density at radius 2 is 1.00 bits per heavy atom. The Labute approximate surface area is 723 Å². The van der Waals surface area contributed by atoms with Gasteiger partial charge >= 0.3 is 0 Å². The van der Waals surface area contributed by atoms with Crippen LogP contribution in [0, 0.1) is 5.92 Å². The Kier molecular flexibility index (Phi) is 42.8. The predicted octanol–water partition coefficient (Wildman–Crippen LogP) is 2.87. The lowest BCUT2D eigenvalue weighted by Crippen LogP contribution is -2.61. The number of aliphatic hydroxyl groups is 1.